The van der Waals surface area contributed by atoms with E-state index in [9.17, 15) is 9.59 Å². The van der Waals surface area contributed by atoms with E-state index in [0.717, 1.165) is 10.6 Å². The lowest BCUT2D eigenvalue weighted by molar-refractivity contribution is -0.137. The first-order valence-electron chi connectivity index (χ1n) is 5.37. The minimum atomic E-state index is -1.04. The quantitative estimate of drug-likeness (QED) is 0.731. The average Bonchev–Trinajstić information content (AvgIpc) is 2.36. The largest absolute Gasteiger partial charge is 0.497 e. The van der Waals surface area contributed by atoms with Crippen molar-refractivity contribution in [3.05, 3.63) is 24.3 Å². The van der Waals surface area contributed by atoms with Crippen molar-refractivity contribution in [1.82, 2.24) is 5.32 Å². The summed E-state index contributed by atoms with van der Waals surface area (Å²) >= 11 is 1.52. The van der Waals surface area contributed by atoms with E-state index in [2.05, 4.69) is 5.32 Å². The molecule has 5 nitrogen and oxygen atoms in total. The molecule has 0 aliphatic rings. The molecule has 0 bridgehead atoms. The molecule has 0 aliphatic carbocycles. The van der Waals surface area contributed by atoms with E-state index < -0.39 is 5.97 Å². The van der Waals surface area contributed by atoms with Crippen LogP contribution < -0.4 is 10.1 Å². The molecular formula is C12H15NO4S. The molecule has 0 spiro atoms. The van der Waals surface area contributed by atoms with Crippen LogP contribution in [0.15, 0.2) is 29.2 Å². The lowest BCUT2D eigenvalue weighted by Crippen LogP contribution is -2.29. The first kappa shape index (κ1) is 14.4. The van der Waals surface area contributed by atoms with Crippen LogP contribution in [0.1, 0.15) is 6.42 Å². The van der Waals surface area contributed by atoms with Gasteiger partial charge in [-0.1, -0.05) is 6.07 Å². The van der Waals surface area contributed by atoms with Gasteiger partial charge >= 0.3 is 5.97 Å². The van der Waals surface area contributed by atoms with Gasteiger partial charge in [-0.25, -0.2) is 0 Å². The van der Waals surface area contributed by atoms with E-state index >= 15 is 0 Å². The molecular weight excluding hydrogens is 254 g/mol. The predicted molar refractivity (Wildman–Crippen MR) is 69.0 cm³/mol. The fourth-order valence-electron chi connectivity index (χ4n) is 1.22. The standard InChI is InChI=1S/C12H15NO4S/c1-17-9-3-2-4-10(7-9)18-6-5-11(14)13-8-12(15)16/h2-4,7H,5-6,8H2,1H3,(H,13,14)(H,15,16). The van der Waals surface area contributed by atoms with Crippen molar-refractivity contribution in [2.24, 2.45) is 0 Å². The Labute approximate surface area is 110 Å². The minimum Gasteiger partial charge on any atom is -0.497 e. The molecule has 0 atom stereocenters. The van der Waals surface area contributed by atoms with Gasteiger partial charge in [0.15, 0.2) is 0 Å². The topological polar surface area (TPSA) is 75.6 Å². The summed E-state index contributed by atoms with van der Waals surface area (Å²) < 4.78 is 5.09. The fraction of sp³-hybridized carbons (Fsp3) is 0.333. The lowest BCUT2D eigenvalue weighted by Gasteiger charge is -2.04. The maximum atomic E-state index is 11.2. The molecule has 1 aromatic carbocycles. The Bertz CT molecular complexity index is 422. The van der Waals surface area contributed by atoms with E-state index in [1.54, 1.807) is 7.11 Å². The Hall–Kier alpha value is -1.69. The van der Waals surface area contributed by atoms with Gasteiger partial charge in [-0.15, -0.1) is 11.8 Å². The summed E-state index contributed by atoms with van der Waals surface area (Å²) in [6, 6.07) is 7.55. The van der Waals surface area contributed by atoms with Crippen LogP contribution >= 0.6 is 11.8 Å². The lowest BCUT2D eigenvalue weighted by atomic mass is 10.3. The maximum Gasteiger partial charge on any atom is 0.322 e. The number of nitrogens with one attached hydrogen (secondary N) is 1. The number of thioether (sulfide) groups is 1. The number of benzene rings is 1. The molecule has 0 aromatic heterocycles. The second kappa shape index (κ2) is 7.60. The highest BCUT2D eigenvalue weighted by Gasteiger charge is 2.04. The first-order valence-corrected chi connectivity index (χ1v) is 6.35. The average molecular weight is 269 g/mol. The zero-order valence-corrected chi connectivity index (χ0v) is 10.8. The highest BCUT2D eigenvalue weighted by Crippen LogP contribution is 2.23. The molecule has 0 fully saturated rings. The molecule has 18 heavy (non-hydrogen) atoms. The Balaban J connectivity index is 2.28. The van der Waals surface area contributed by atoms with Crippen molar-refractivity contribution in [2.45, 2.75) is 11.3 Å². The molecule has 2 N–H and O–H groups in total. The Kier molecular flexibility index (Phi) is 6.07. The van der Waals surface area contributed by atoms with Gasteiger partial charge in [0.05, 0.1) is 7.11 Å². The van der Waals surface area contributed by atoms with Crippen LogP contribution in [0.25, 0.3) is 0 Å². The summed E-state index contributed by atoms with van der Waals surface area (Å²) in [4.78, 5) is 22.5. The minimum absolute atomic E-state index is 0.257. The van der Waals surface area contributed by atoms with Gasteiger partial charge in [-0.3, -0.25) is 9.59 Å². The van der Waals surface area contributed by atoms with Crippen molar-refractivity contribution < 1.29 is 19.4 Å². The van der Waals surface area contributed by atoms with Gasteiger partial charge in [0.1, 0.15) is 12.3 Å². The second-order valence-electron chi connectivity index (χ2n) is 3.45. The molecule has 1 rings (SSSR count). The van der Waals surface area contributed by atoms with Crippen LogP contribution in [-0.2, 0) is 9.59 Å². The summed E-state index contributed by atoms with van der Waals surface area (Å²) in [5.41, 5.74) is 0. The summed E-state index contributed by atoms with van der Waals surface area (Å²) in [5, 5.41) is 10.7. The number of hydrogen-bond donors (Lipinski definition) is 2. The number of ether oxygens (including phenoxy) is 1. The van der Waals surface area contributed by atoms with E-state index in [1.807, 2.05) is 24.3 Å². The van der Waals surface area contributed by atoms with Crippen LogP contribution in [0, 0.1) is 0 Å². The number of methoxy groups -OCH3 is 1. The molecule has 6 heteroatoms. The van der Waals surface area contributed by atoms with Gasteiger partial charge in [0, 0.05) is 17.1 Å². The molecule has 0 heterocycles. The molecule has 0 saturated heterocycles. The Morgan fingerprint density at radius 1 is 1.44 bits per heavy atom. The normalized spacial score (nSPS) is 9.83. The highest BCUT2D eigenvalue weighted by atomic mass is 32.2. The first-order chi connectivity index (χ1) is 8.61. The third-order valence-electron chi connectivity index (χ3n) is 2.08. The number of hydrogen-bond acceptors (Lipinski definition) is 4. The monoisotopic (exact) mass is 269 g/mol. The maximum absolute atomic E-state index is 11.2. The number of amides is 1. The smallest absolute Gasteiger partial charge is 0.322 e. The summed E-state index contributed by atoms with van der Waals surface area (Å²) in [6.45, 7) is -0.331. The number of carbonyl (C=O) groups is 2. The van der Waals surface area contributed by atoms with Gasteiger partial charge in [0.2, 0.25) is 5.91 Å². The van der Waals surface area contributed by atoms with Crippen LogP contribution in [0.4, 0.5) is 0 Å². The summed E-state index contributed by atoms with van der Waals surface area (Å²) in [7, 11) is 1.60. The number of carbonyl (C=O) groups excluding carboxylic acids is 1. The number of aliphatic carboxylic acids is 1. The molecule has 0 saturated carbocycles. The molecule has 0 unspecified atom stereocenters. The molecule has 0 aliphatic heterocycles. The highest BCUT2D eigenvalue weighted by molar-refractivity contribution is 7.99. The molecule has 98 valence electrons. The van der Waals surface area contributed by atoms with Gasteiger partial charge < -0.3 is 15.2 Å². The van der Waals surface area contributed by atoms with Crippen molar-refractivity contribution in [3.63, 3.8) is 0 Å². The van der Waals surface area contributed by atoms with E-state index in [-0.39, 0.29) is 18.9 Å². The summed E-state index contributed by atoms with van der Waals surface area (Å²) in [6.07, 6.45) is 0.287. The number of carboxylic acids is 1. The van der Waals surface area contributed by atoms with Crippen molar-refractivity contribution >= 4 is 23.6 Å². The van der Waals surface area contributed by atoms with Crippen molar-refractivity contribution in [2.75, 3.05) is 19.4 Å². The zero-order valence-electron chi connectivity index (χ0n) is 10.0. The zero-order chi connectivity index (χ0) is 13.4. The van der Waals surface area contributed by atoms with Crippen LogP contribution in [0.3, 0.4) is 0 Å². The van der Waals surface area contributed by atoms with Crippen LogP contribution in [0.2, 0.25) is 0 Å². The van der Waals surface area contributed by atoms with Crippen LogP contribution in [0.5, 0.6) is 5.75 Å². The number of carboxylic acid groups (broad SMARTS) is 1. The number of rotatable bonds is 7. The predicted octanol–water partition coefficient (Wildman–Crippen LogP) is 1.38. The van der Waals surface area contributed by atoms with Gasteiger partial charge in [0.25, 0.3) is 0 Å². The van der Waals surface area contributed by atoms with Crippen LogP contribution in [-0.4, -0.2) is 36.4 Å². The summed E-state index contributed by atoms with van der Waals surface area (Å²) in [5.74, 6) is 0.0745. The third-order valence-corrected chi connectivity index (χ3v) is 3.07. The van der Waals surface area contributed by atoms with Gasteiger partial charge in [-0.05, 0) is 18.2 Å². The van der Waals surface area contributed by atoms with E-state index in [0.29, 0.717) is 5.75 Å². The van der Waals surface area contributed by atoms with Gasteiger partial charge in [-0.2, -0.15) is 0 Å². The van der Waals surface area contributed by atoms with E-state index in [4.69, 9.17) is 9.84 Å². The third kappa shape index (κ3) is 5.58. The van der Waals surface area contributed by atoms with E-state index in [1.165, 1.54) is 11.8 Å². The molecule has 0 radical (unpaired) electrons. The van der Waals surface area contributed by atoms with Crippen molar-refractivity contribution in [1.29, 1.82) is 0 Å². The fourth-order valence-corrected chi connectivity index (χ4v) is 2.11. The Morgan fingerprint density at radius 2 is 2.22 bits per heavy atom. The Morgan fingerprint density at radius 3 is 2.89 bits per heavy atom. The SMILES string of the molecule is COc1cccc(SCCC(=O)NCC(=O)O)c1. The van der Waals surface area contributed by atoms with Crippen molar-refractivity contribution in [3.8, 4) is 5.75 Å². The molecule has 1 aromatic rings. The second-order valence-corrected chi connectivity index (χ2v) is 4.62. The molecule has 1 amide bonds.